The Hall–Kier alpha value is -3.93. The molecule has 1 spiro atoms. The highest BCUT2D eigenvalue weighted by molar-refractivity contribution is 6.10. The summed E-state index contributed by atoms with van der Waals surface area (Å²) in [5.74, 6) is -0.495. The first-order chi connectivity index (χ1) is 13.9. The molecular formula is C23H18N3O3+. The van der Waals surface area contributed by atoms with E-state index in [1.54, 1.807) is 36.4 Å². The van der Waals surface area contributed by atoms with E-state index in [1.165, 1.54) is 0 Å². The fraction of sp³-hybridized carbons (Fsp3) is 0.0870. The zero-order valence-electron chi connectivity index (χ0n) is 15.6. The van der Waals surface area contributed by atoms with Crippen LogP contribution in [0.5, 0.6) is 0 Å². The van der Waals surface area contributed by atoms with Crippen molar-refractivity contribution in [1.29, 1.82) is 5.41 Å². The van der Waals surface area contributed by atoms with Crippen molar-refractivity contribution in [3.8, 4) is 11.3 Å². The third kappa shape index (κ3) is 2.61. The summed E-state index contributed by atoms with van der Waals surface area (Å²) in [6.45, 7) is 0. The summed E-state index contributed by atoms with van der Waals surface area (Å²) in [5, 5.41) is 19.0. The Morgan fingerprint density at radius 2 is 1.93 bits per heavy atom. The Morgan fingerprint density at radius 1 is 1.17 bits per heavy atom. The van der Waals surface area contributed by atoms with E-state index in [0.29, 0.717) is 28.0 Å². The normalized spacial score (nSPS) is 20.4. The number of hydrogen-bond donors (Lipinski definition) is 3. The van der Waals surface area contributed by atoms with Crippen LogP contribution in [-0.2, 0) is 4.79 Å². The van der Waals surface area contributed by atoms with Gasteiger partial charge < -0.3 is 20.7 Å². The van der Waals surface area contributed by atoms with Crippen molar-refractivity contribution in [2.24, 2.45) is 0 Å². The lowest BCUT2D eigenvalue weighted by Gasteiger charge is -2.17. The highest BCUT2D eigenvalue weighted by Gasteiger charge is 2.49. The van der Waals surface area contributed by atoms with Gasteiger partial charge in [-0.25, -0.2) is 9.37 Å². The molecule has 4 N–H and O–H groups in total. The Kier molecular flexibility index (Phi) is 3.43. The van der Waals surface area contributed by atoms with Crippen molar-refractivity contribution in [3.05, 3.63) is 77.2 Å². The molecule has 0 radical (unpaired) electrons. The number of nitrogens with zero attached hydrogens (tertiary/aromatic N) is 1. The molecule has 142 valence electrons. The molecule has 0 bridgehead atoms. The summed E-state index contributed by atoms with van der Waals surface area (Å²) in [5.41, 5.74) is 8.97. The quantitative estimate of drug-likeness (QED) is 0.359. The highest BCUT2D eigenvalue weighted by atomic mass is 16.4. The predicted molar refractivity (Wildman–Crippen MR) is 111 cm³/mol. The van der Waals surface area contributed by atoms with Crippen LogP contribution in [-0.4, -0.2) is 34.5 Å². The molecule has 29 heavy (non-hydrogen) atoms. The standard InChI is InChI=1S/C23H17N3O3/c1-26-12-23(26)8-6-15(16(7-9-23)22(27)28)21-17-4-2-13(24)10-19(17)29-20-11-14(25)3-5-18(20)21/h2-12H,1H3,(H3-,24,25,27,28)/p+1. The molecule has 1 unspecified atom stereocenters. The van der Waals surface area contributed by atoms with Gasteiger partial charge in [0.2, 0.25) is 6.21 Å². The number of carboxylic acids is 1. The summed E-state index contributed by atoms with van der Waals surface area (Å²) in [6, 6.07) is 10.4. The van der Waals surface area contributed by atoms with Crippen LogP contribution in [0.2, 0.25) is 0 Å². The van der Waals surface area contributed by atoms with Gasteiger partial charge in [-0.3, -0.25) is 0 Å². The number of nitrogens with two attached hydrogens (primary N) is 1. The van der Waals surface area contributed by atoms with E-state index < -0.39 is 5.97 Å². The monoisotopic (exact) mass is 384 g/mol. The zero-order valence-corrected chi connectivity index (χ0v) is 15.6. The molecule has 1 aromatic rings. The molecule has 6 nitrogen and oxygen atoms in total. The lowest BCUT2D eigenvalue weighted by atomic mass is 9.90. The zero-order chi connectivity index (χ0) is 20.3. The van der Waals surface area contributed by atoms with Crippen LogP contribution in [0.3, 0.4) is 0 Å². The lowest BCUT2D eigenvalue weighted by molar-refractivity contribution is -0.449. The minimum Gasteiger partial charge on any atom is -0.478 e. The van der Waals surface area contributed by atoms with E-state index in [0.717, 1.165) is 16.5 Å². The molecule has 1 aromatic carbocycles. The van der Waals surface area contributed by atoms with Gasteiger partial charge in [-0.2, -0.15) is 0 Å². The number of carboxylic acid groups (broad SMARTS) is 1. The number of anilines is 1. The van der Waals surface area contributed by atoms with Gasteiger partial charge in [0.15, 0.2) is 0 Å². The fourth-order valence-electron chi connectivity index (χ4n) is 3.87. The molecule has 2 aliphatic carbocycles. The number of nitrogen functional groups attached to an aromatic ring is 1. The van der Waals surface area contributed by atoms with Gasteiger partial charge >= 0.3 is 5.97 Å². The molecule has 0 saturated carbocycles. The average Bonchev–Trinajstić information content (AvgIpc) is 3.36. The number of nitrogens with one attached hydrogen (secondary N) is 1. The number of rotatable bonds is 2. The van der Waals surface area contributed by atoms with Gasteiger partial charge in [0.25, 0.3) is 5.54 Å². The van der Waals surface area contributed by atoms with E-state index in [1.807, 2.05) is 42.1 Å². The first kappa shape index (κ1) is 17.2. The van der Waals surface area contributed by atoms with Crippen molar-refractivity contribution in [2.45, 2.75) is 5.54 Å². The van der Waals surface area contributed by atoms with Crippen molar-refractivity contribution < 1.29 is 18.9 Å². The molecule has 2 heterocycles. The Labute approximate surface area is 166 Å². The lowest BCUT2D eigenvalue weighted by Crippen LogP contribution is -2.13. The maximum atomic E-state index is 12.1. The third-order valence-electron chi connectivity index (χ3n) is 5.51. The number of likely N-dealkylation sites (N-methyl/N-ethyl adjacent to an activating group) is 1. The largest absolute Gasteiger partial charge is 0.478 e. The van der Waals surface area contributed by atoms with Crippen LogP contribution in [0, 0.1) is 5.41 Å². The maximum Gasteiger partial charge on any atom is 0.336 e. The van der Waals surface area contributed by atoms with Crippen LogP contribution in [0.4, 0.5) is 5.69 Å². The number of benzene rings is 2. The highest BCUT2D eigenvalue weighted by Crippen LogP contribution is 2.41. The van der Waals surface area contributed by atoms with E-state index in [2.05, 4.69) is 0 Å². The molecule has 6 heteroatoms. The number of hydrogen-bond acceptors (Lipinski definition) is 4. The summed E-state index contributed by atoms with van der Waals surface area (Å²) >= 11 is 0. The van der Waals surface area contributed by atoms with Crippen LogP contribution in [0.15, 0.2) is 70.7 Å². The number of aliphatic carboxylic acids is 1. The maximum absolute atomic E-state index is 12.1. The van der Waals surface area contributed by atoms with E-state index >= 15 is 0 Å². The minimum atomic E-state index is -1.00. The van der Waals surface area contributed by atoms with Crippen molar-refractivity contribution in [1.82, 2.24) is 0 Å². The fourth-order valence-corrected chi connectivity index (χ4v) is 3.87. The molecule has 2 aliphatic heterocycles. The summed E-state index contributed by atoms with van der Waals surface area (Å²) in [6.07, 6.45) is 9.43. The molecule has 4 aliphatic rings. The summed E-state index contributed by atoms with van der Waals surface area (Å²) in [4.78, 5) is 12.1. The van der Waals surface area contributed by atoms with Crippen molar-refractivity contribution in [2.75, 3.05) is 12.8 Å². The predicted octanol–water partition coefficient (Wildman–Crippen LogP) is 3.03. The van der Waals surface area contributed by atoms with Crippen LogP contribution in [0.1, 0.15) is 5.56 Å². The molecule has 0 aromatic heterocycles. The second-order valence-electron chi connectivity index (χ2n) is 7.37. The topological polar surface area (TPSA) is 103 Å². The average molecular weight is 384 g/mol. The number of fused-ring (bicyclic) bond motifs is 2. The summed E-state index contributed by atoms with van der Waals surface area (Å²) in [7, 11) is 1.95. The molecule has 0 fully saturated rings. The van der Waals surface area contributed by atoms with Crippen LogP contribution in [0.25, 0.3) is 27.9 Å². The van der Waals surface area contributed by atoms with E-state index in [4.69, 9.17) is 15.6 Å². The Balaban J connectivity index is 1.89. The molecule has 0 saturated heterocycles. The summed E-state index contributed by atoms with van der Waals surface area (Å²) < 4.78 is 8.03. The minimum absolute atomic E-state index is 0.201. The van der Waals surface area contributed by atoms with Gasteiger partial charge in [0.05, 0.1) is 10.9 Å². The van der Waals surface area contributed by atoms with Crippen LogP contribution < -0.4 is 11.1 Å². The van der Waals surface area contributed by atoms with E-state index in [-0.39, 0.29) is 11.1 Å². The second kappa shape index (κ2) is 5.78. The van der Waals surface area contributed by atoms with Crippen molar-refractivity contribution >= 4 is 34.4 Å². The molecule has 5 rings (SSSR count). The second-order valence-corrected chi connectivity index (χ2v) is 7.37. The van der Waals surface area contributed by atoms with Gasteiger partial charge in [0.1, 0.15) is 18.4 Å². The molecule has 1 atom stereocenters. The van der Waals surface area contributed by atoms with Gasteiger partial charge in [-0.15, -0.1) is 0 Å². The smallest absolute Gasteiger partial charge is 0.336 e. The van der Waals surface area contributed by atoms with Crippen molar-refractivity contribution in [3.63, 3.8) is 0 Å². The number of allylic oxidation sites excluding steroid dienone is 2. The number of carbonyl (C=O) groups is 1. The van der Waals surface area contributed by atoms with Gasteiger partial charge in [-0.05, 0) is 42.0 Å². The Morgan fingerprint density at radius 3 is 2.66 bits per heavy atom. The first-order valence-electron chi connectivity index (χ1n) is 9.14. The molecule has 0 amide bonds. The van der Waals surface area contributed by atoms with Crippen LogP contribution >= 0.6 is 0 Å². The van der Waals surface area contributed by atoms with E-state index in [9.17, 15) is 9.90 Å². The first-order valence-corrected chi connectivity index (χ1v) is 9.14. The van der Waals surface area contributed by atoms with Gasteiger partial charge in [-0.1, -0.05) is 0 Å². The Bertz CT molecular complexity index is 1370. The SMILES string of the molecule is C[N+]1=CC12C=CC(C(=O)O)=C(c1c3ccc(=N)cc-3oc3cc(N)ccc13)C=C2. The molecular weight excluding hydrogens is 366 g/mol. The third-order valence-corrected chi connectivity index (χ3v) is 5.51. The van der Waals surface area contributed by atoms with Gasteiger partial charge in [0, 0.05) is 46.5 Å².